The Morgan fingerprint density at radius 2 is 1.76 bits per heavy atom. The molecule has 21 heavy (non-hydrogen) atoms. The molecule has 0 amide bonds. The molecule has 3 rings (SSSR count). The van der Waals surface area contributed by atoms with Crippen molar-refractivity contribution in [3.05, 3.63) is 66.4 Å². The molecular formula is C17H16N2OS. The summed E-state index contributed by atoms with van der Waals surface area (Å²) in [5, 5.41) is 4.70. The van der Waals surface area contributed by atoms with Crippen LogP contribution in [0.1, 0.15) is 5.56 Å². The van der Waals surface area contributed by atoms with Gasteiger partial charge in [-0.1, -0.05) is 18.2 Å². The summed E-state index contributed by atoms with van der Waals surface area (Å²) in [6.45, 7) is 0. The van der Waals surface area contributed by atoms with Gasteiger partial charge in [0, 0.05) is 23.1 Å². The highest BCUT2D eigenvalue weighted by molar-refractivity contribution is 7.79. The van der Waals surface area contributed by atoms with Crippen LogP contribution in [-0.2, 0) is 5.75 Å². The van der Waals surface area contributed by atoms with E-state index in [1.807, 2.05) is 65.5 Å². The first-order valence-electron chi connectivity index (χ1n) is 6.71. The van der Waals surface area contributed by atoms with E-state index in [0.29, 0.717) is 5.75 Å². The highest BCUT2D eigenvalue weighted by Crippen LogP contribution is 2.26. The number of ether oxygens (including phenoxy) is 1. The summed E-state index contributed by atoms with van der Waals surface area (Å²) >= 11 is 4.42. The fourth-order valence-corrected chi connectivity index (χ4v) is 2.46. The van der Waals surface area contributed by atoms with Gasteiger partial charge in [-0.15, -0.1) is 0 Å². The molecule has 1 heterocycles. The van der Waals surface area contributed by atoms with Crippen LogP contribution < -0.4 is 4.74 Å². The second-order valence-electron chi connectivity index (χ2n) is 4.67. The molecule has 0 radical (unpaired) electrons. The standard InChI is InChI=1S/C17H16N2OS/c1-20-16-9-7-13(8-10-16)17-14(12-21)11-19(18-17)15-5-3-2-4-6-15/h2-11,21H,12H2,1H3. The van der Waals surface area contributed by atoms with Crippen molar-refractivity contribution in [2.75, 3.05) is 7.11 Å². The third-order valence-corrected chi connectivity index (χ3v) is 3.69. The highest BCUT2D eigenvalue weighted by atomic mass is 32.1. The van der Waals surface area contributed by atoms with Crippen molar-refractivity contribution in [1.82, 2.24) is 9.78 Å². The second-order valence-corrected chi connectivity index (χ2v) is 4.99. The number of benzene rings is 2. The quantitative estimate of drug-likeness (QED) is 0.737. The smallest absolute Gasteiger partial charge is 0.118 e. The van der Waals surface area contributed by atoms with Gasteiger partial charge in [0.2, 0.25) is 0 Å². The zero-order valence-corrected chi connectivity index (χ0v) is 12.6. The number of thiol groups is 1. The average Bonchev–Trinajstić information content (AvgIpc) is 3.00. The highest BCUT2D eigenvalue weighted by Gasteiger charge is 2.11. The molecule has 0 fully saturated rings. The Balaban J connectivity index is 2.03. The Hall–Kier alpha value is -2.20. The van der Waals surface area contributed by atoms with Gasteiger partial charge in [0.25, 0.3) is 0 Å². The van der Waals surface area contributed by atoms with Crippen molar-refractivity contribution in [1.29, 1.82) is 0 Å². The molecule has 0 saturated heterocycles. The number of aromatic nitrogens is 2. The summed E-state index contributed by atoms with van der Waals surface area (Å²) < 4.78 is 7.09. The molecule has 0 unspecified atom stereocenters. The van der Waals surface area contributed by atoms with Crippen molar-refractivity contribution in [2.45, 2.75) is 5.75 Å². The average molecular weight is 296 g/mol. The number of rotatable bonds is 4. The summed E-state index contributed by atoms with van der Waals surface area (Å²) in [7, 11) is 1.66. The van der Waals surface area contributed by atoms with Crippen molar-refractivity contribution in [3.8, 4) is 22.7 Å². The lowest BCUT2D eigenvalue weighted by molar-refractivity contribution is 0.415. The summed E-state index contributed by atoms with van der Waals surface area (Å²) in [5.74, 6) is 1.49. The molecule has 0 aliphatic carbocycles. The molecule has 0 aliphatic heterocycles. The van der Waals surface area contributed by atoms with E-state index in [1.54, 1.807) is 7.11 Å². The third kappa shape index (κ3) is 2.81. The SMILES string of the molecule is COc1ccc(-c2nn(-c3ccccc3)cc2CS)cc1. The van der Waals surface area contributed by atoms with E-state index in [2.05, 4.69) is 12.6 Å². The van der Waals surface area contributed by atoms with Crippen LogP contribution in [0.3, 0.4) is 0 Å². The molecule has 0 bridgehead atoms. The van der Waals surface area contributed by atoms with Gasteiger partial charge in [0.1, 0.15) is 5.75 Å². The van der Waals surface area contributed by atoms with E-state index < -0.39 is 0 Å². The van der Waals surface area contributed by atoms with Gasteiger partial charge in [-0.3, -0.25) is 0 Å². The summed E-state index contributed by atoms with van der Waals surface area (Å²) in [6, 6.07) is 18.0. The molecular weight excluding hydrogens is 280 g/mol. The third-order valence-electron chi connectivity index (χ3n) is 3.34. The molecule has 3 nitrogen and oxygen atoms in total. The minimum absolute atomic E-state index is 0.647. The van der Waals surface area contributed by atoms with Crippen LogP contribution in [0.2, 0.25) is 0 Å². The maximum absolute atomic E-state index is 5.20. The van der Waals surface area contributed by atoms with Gasteiger partial charge < -0.3 is 4.74 Å². The van der Waals surface area contributed by atoms with Crippen molar-refractivity contribution >= 4 is 12.6 Å². The molecule has 0 N–H and O–H groups in total. The van der Waals surface area contributed by atoms with Crippen molar-refractivity contribution in [2.24, 2.45) is 0 Å². The summed E-state index contributed by atoms with van der Waals surface area (Å²) in [5.41, 5.74) is 4.17. The molecule has 0 atom stereocenters. The second kappa shape index (κ2) is 6.06. The minimum Gasteiger partial charge on any atom is -0.497 e. The Kier molecular flexibility index (Phi) is 3.97. The van der Waals surface area contributed by atoms with Crippen LogP contribution in [0.4, 0.5) is 0 Å². The topological polar surface area (TPSA) is 27.1 Å². The van der Waals surface area contributed by atoms with Crippen LogP contribution in [-0.4, -0.2) is 16.9 Å². The molecule has 0 aliphatic rings. The zero-order chi connectivity index (χ0) is 14.7. The summed E-state index contributed by atoms with van der Waals surface area (Å²) in [4.78, 5) is 0. The zero-order valence-electron chi connectivity index (χ0n) is 11.7. The van der Waals surface area contributed by atoms with Gasteiger partial charge >= 0.3 is 0 Å². The number of nitrogens with zero attached hydrogens (tertiary/aromatic N) is 2. The predicted octanol–water partition coefficient (Wildman–Crippen LogP) is 3.98. The first-order chi connectivity index (χ1) is 10.3. The van der Waals surface area contributed by atoms with Gasteiger partial charge in [0.05, 0.1) is 18.5 Å². The van der Waals surface area contributed by atoms with Crippen LogP contribution in [0.25, 0.3) is 16.9 Å². The molecule has 3 aromatic rings. The van der Waals surface area contributed by atoms with E-state index in [4.69, 9.17) is 9.84 Å². The van der Waals surface area contributed by atoms with E-state index in [1.165, 1.54) is 0 Å². The number of hydrogen-bond donors (Lipinski definition) is 1. The Morgan fingerprint density at radius 3 is 2.38 bits per heavy atom. The van der Waals surface area contributed by atoms with E-state index in [0.717, 1.165) is 28.3 Å². The monoisotopic (exact) mass is 296 g/mol. The van der Waals surface area contributed by atoms with Crippen LogP contribution >= 0.6 is 12.6 Å². The Labute approximate surface area is 129 Å². The number of para-hydroxylation sites is 1. The first kappa shape index (κ1) is 13.8. The van der Waals surface area contributed by atoms with Crippen LogP contribution in [0, 0.1) is 0 Å². The van der Waals surface area contributed by atoms with Crippen LogP contribution in [0.15, 0.2) is 60.8 Å². The molecule has 4 heteroatoms. The van der Waals surface area contributed by atoms with Gasteiger partial charge in [-0.05, 0) is 36.4 Å². The molecule has 0 saturated carbocycles. The Morgan fingerprint density at radius 1 is 1.05 bits per heavy atom. The normalized spacial score (nSPS) is 10.6. The lowest BCUT2D eigenvalue weighted by atomic mass is 10.1. The largest absolute Gasteiger partial charge is 0.497 e. The van der Waals surface area contributed by atoms with E-state index >= 15 is 0 Å². The van der Waals surface area contributed by atoms with Gasteiger partial charge in [0.15, 0.2) is 0 Å². The van der Waals surface area contributed by atoms with Gasteiger partial charge in [-0.2, -0.15) is 17.7 Å². The fourth-order valence-electron chi connectivity index (χ4n) is 2.23. The lowest BCUT2D eigenvalue weighted by Crippen LogP contribution is -1.94. The summed E-state index contributed by atoms with van der Waals surface area (Å²) in [6.07, 6.45) is 2.03. The van der Waals surface area contributed by atoms with Gasteiger partial charge in [-0.25, -0.2) is 4.68 Å². The number of methoxy groups -OCH3 is 1. The lowest BCUT2D eigenvalue weighted by Gasteiger charge is -2.03. The molecule has 106 valence electrons. The van der Waals surface area contributed by atoms with Crippen LogP contribution in [0.5, 0.6) is 5.75 Å². The molecule has 2 aromatic carbocycles. The van der Waals surface area contributed by atoms with Crippen molar-refractivity contribution in [3.63, 3.8) is 0 Å². The predicted molar refractivity (Wildman–Crippen MR) is 88.2 cm³/mol. The molecule has 0 spiro atoms. The fraction of sp³-hybridized carbons (Fsp3) is 0.118. The maximum atomic E-state index is 5.20. The minimum atomic E-state index is 0.647. The van der Waals surface area contributed by atoms with Crippen molar-refractivity contribution < 1.29 is 4.74 Å². The Bertz CT molecular complexity index is 720. The van der Waals surface area contributed by atoms with E-state index in [9.17, 15) is 0 Å². The molecule has 1 aromatic heterocycles. The van der Waals surface area contributed by atoms with E-state index in [-0.39, 0.29) is 0 Å². The first-order valence-corrected chi connectivity index (χ1v) is 7.34. The maximum Gasteiger partial charge on any atom is 0.118 e. The number of hydrogen-bond acceptors (Lipinski definition) is 3.